The van der Waals surface area contributed by atoms with Gasteiger partial charge in [0.05, 0.1) is 11.3 Å². The van der Waals surface area contributed by atoms with E-state index in [1.54, 1.807) is 6.07 Å². The van der Waals surface area contributed by atoms with E-state index < -0.39 is 0 Å². The van der Waals surface area contributed by atoms with Gasteiger partial charge in [-0.1, -0.05) is 49.4 Å². The van der Waals surface area contributed by atoms with Gasteiger partial charge < -0.3 is 10.4 Å². The van der Waals surface area contributed by atoms with Gasteiger partial charge in [0.1, 0.15) is 11.8 Å². The number of benzene rings is 2. The number of hydrogen-bond donors (Lipinski definition) is 2. The molecule has 0 radical (unpaired) electrons. The molecular formula is C19H23N2O+. The van der Waals surface area contributed by atoms with Crippen molar-refractivity contribution in [2.75, 3.05) is 0 Å². The zero-order valence-electron chi connectivity index (χ0n) is 12.9. The standard InChI is InChI=1S/C19H22N2O/c1-2-8-19-20-16(14-9-4-3-5-10-14)13-17(21-19)15-11-6-7-12-18(15)22/h3-7,9-12,17,19,21-22H,2,8,13H2,1H3/p+1/t17-,19+/m1/s1. The van der Waals surface area contributed by atoms with Crippen LogP contribution in [-0.2, 0) is 0 Å². The van der Waals surface area contributed by atoms with Crippen molar-refractivity contribution in [3.05, 3.63) is 65.7 Å². The van der Waals surface area contributed by atoms with Crippen LogP contribution in [0, 0.1) is 0 Å². The first-order valence-electron chi connectivity index (χ1n) is 8.03. The highest BCUT2D eigenvalue weighted by molar-refractivity contribution is 6.01. The van der Waals surface area contributed by atoms with E-state index in [0.29, 0.717) is 5.75 Å². The van der Waals surface area contributed by atoms with Crippen LogP contribution in [-0.4, -0.2) is 17.0 Å². The second-order valence-electron chi connectivity index (χ2n) is 5.86. The Morgan fingerprint density at radius 3 is 2.55 bits per heavy atom. The molecule has 0 aromatic heterocycles. The number of para-hydroxylation sites is 1. The van der Waals surface area contributed by atoms with Gasteiger partial charge >= 0.3 is 0 Å². The molecule has 3 nitrogen and oxygen atoms in total. The van der Waals surface area contributed by atoms with Crippen LogP contribution in [0.4, 0.5) is 0 Å². The van der Waals surface area contributed by atoms with Gasteiger partial charge in [-0.2, -0.15) is 0 Å². The summed E-state index contributed by atoms with van der Waals surface area (Å²) in [6.07, 6.45) is 3.25. The molecule has 2 aromatic rings. The van der Waals surface area contributed by atoms with Crippen molar-refractivity contribution < 1.29 is 10.4 Å². The van der Waals surface area contributed by atoms with Crippen molar-refractivity contribution >= 4 is 5.71 Å². The lowest BCUT2D eigenvalue weighted by Crippen LogP contribution is -2.91. The summed E-state index contributed by atoms with van der Waals surface area (Å²) in [5.41, 5.74) is 3.35. The van der Waals surface area contributed by atoms with Crippen molar-refractivity contribution in [2.45, 2.75) is 38.4 Å². The number of aliphatic imine (C=N–C) groups is 1. The largest absolute Gasteiger partial charge is 0.507 e. The van der Waals surface area contributed by atoms with Crippen molar-refractivity contribution in [2.24, 2.45) is 4.99 Å². The van der Waals surface area contributed by atoms with E-state index in [1.807, 2.05) is 24.3 Å². The SMILES string of the molecule is CCC[C@H]1N=C(c2ccccc2)C[C@H](c2ccccc2O)[NH2+]1. The predicted molar refractivity (Wildman–Crippen MR) is 89.1 cm³/mol. The Bertz CT molecular complexity index is 651. The van der Waals surface area contributed by atoms with Gasteiger partial charge in [-0.3, -0.25) is 0 Å². The Morgan fingerprint density at radius 1 is 1.09 bits per heavy atom. The molecule has 114 valence electrons. The molecule has 3 heteroatoms. The fourth-order valence-electron chi connectivity index (χ4n) is 3.13. The van der Waals surface area contributed by atoms with Crippen molar-refractivity contribution in [1.82, 2.24) is 0 Å². The molecule has 1 aliphatic heterocycles. The molecule has 22 heavy (non-hydrogen) atoms. The molecular weight excluding hydrogens is 272 g/mol. The number of nitrogens with two attached hydrogens (primary N) is 1. The van der Waals surface area contributed by atoms with Crippen LogP contribution in [0.1, 0.15) is 43.4 Å². The van der Waals surface area contributed by atoms with Crippen molar-refractivity contribution in [3.8, 4) is 5.75 Å². The minimum absolute atomic E-state index is 0.227. The lowest BCUT2D eigenvalue weighted by molar-refractivity contribution is -0.729. The van der Waals surface area contributed by atoms with E-state index in [9.17, 15) is 5.11 Å². The normalized spacial score (nSPS) is 21.4. The average Bonchev–Trinajstić information content (AvgIpc) is 2.56. The number of aromatic hydroxyl groups is 1. The van der Waals surface area contributed by atoms with Crippen molar-refractivity contribution in [1.29, 1.82) is 0 Å². The summed E-state index contributed by atoms with van der Waals surface area (Å²) in [6.45, 7) is 2.19. The summed E-state index contributed by atoms with van der Waals surface area (Å²) in [6, 6.07) is 18.3. The first-order chi connectivity index (χ1) is 10.8. The van der Waals surface area contributed by atoms with Gasteiger partial charge in [0.25, 0.3) is 0 Å². The number of quaternary nitrogens is 1. The number of rotatable bonds is 4. The average molecular weight is 295 g/mol. The Balaban J connectivity index is 1.92. The van der Waals surface area contributed by atoms with Crippen molar-refractivity contribution in [3.63, 3.8) is 0 Å². The van der Waals surface area contributed by atoms with E-state index in [2.05, 4.69) is 36.5 Å². The van der Waals surface area contributed by atoms with Crippen LogP contribution >= 0.6 is 0 Å². The van der Waals surface area contributed by atoms with Gasteiger partial charge in [0.2, 0.25) is 0 Å². The Labute approximate surface area is 131 Å². The summed E-state index contributed by atoms with van der Waals surface area (Å²) in [5.74, 6) is 0.383. The quantitative estimate of drug-likeness (QED) is 0.895. The van der Waals surface area contributed by atoms with E-state index in [0.717, 1.165) is 30.5 Å². The number of hydrogen-bond acceptors (Lipinski definition) is 2. The maximum atomic E-state index is 10.2. The summed E-state index contributed by atoms with van der Waals surface area (Å²) in [7, 11) is 0. The third-order valence-corrected chi connectivity index (χ3v) is 4.22. The highest BCUT2D eigenvalue weighted by Gasteiger charge is 2.29. The molecule has 0 aliphatic carbocycles. The van der Waals surface area contributed by atoms with E-state index in [1.165, 1.54) is 5.56 Å². The predicted octanol–water partition coefficient (Wildman–Crippen LogP) is 3.02. The zero-order chi connectivity index (χ0) is 15.4. The minimum Gasteiger partial charge on any atom is -0.507 e. The van der Waals surface area contributed by atoms with Crippen LogP contribution < -0.4 is 5.32 Å². The van der Waals surface area contributed by atoms with Crippen LogP contribution in [0.25, 0.3) is 0 Å². The highest BCUT2D eigenvalue weighted by Crippen LogP contribution is 2.27. The second kappa shape index (κ2) is 6.75. The molecule has 0 saturated carbocycles. The minimum atomic E-state index is 0.227. The van der Waals surface area contributed by atoms with Crippen LogP contribution in [0.2, 0.25) is 0 Å². The van der Waals surface area contributed by atoms with Gasteiger partial charge in [0.15, 0.2) is 6.17 Å². The van der Waals surface area contributed by atoms with Gasteiger partial charge in [-0.05, 0) is 24.1 Å². The molecule has 0 unspecified atom stereocenters. The summed E-state index contributed by atoms with van der Waals surface area (Å²) < 4.78 is 0. The summed E-state index contributed by atoms with van der Waals surface area (Å²) >= 11 is 0. The molecule has 3 rings (SSSR count). The monoisotopic (exact) mass is 295 g/mol. The maximum Gasteiger partial charge on any atom is 0.180 e. The maximum absolute atomic E-state index is 10.2. The third kappa shape index (κ3) is 3.20. The molecule has 1 heterocycles. The number of phenolic OH excluding ortho intramolecular Hbond substituents is 1. The van der Waals surface area contributed by atoms with Crippen LogP contribution in [0.5, 0.6) is 5.75 Å². The molecule has 0 saturated heterocycles. The second-order valence-corrected chi connectivity index (χ2v) is 5.86. The van der Waals surface area contributed by atoms with E-state index >= 15 is 0 Å². The van der Waals surface area contributed by atoms with E-state index in [-0.39, 0.29) is 12.2 Å². The lowest BCUT2D eigenvalue weighted by Gasteiger charge is -2.27. The lowest BCUT2D eigenvalue weighted by atomic mass is 9.94. The van der Waals surface area contributed by atoms with Crippen LogP contribution in [0.3, 0.4) is 0 Å². The smallest absolute Gasteiger partial charge is 0.180 e. The Morgan fingerprint density at radius 2 is 1.82 bits per heavy atom. The molecule has 0 amide bonds. The molecule has 2 aromatic carbocycles. The first-order valence-corrected chi connectivity index (χ1v) is 8.03. The number of phenols is 1. The van der Waals surface area contributed by atoms with E-state index in [4.69, 9.17) is 4.99 Å². The molecule has 3 N–H and O–H groups in total. The molecule has 0 bridgehead atoms. The Kier molecular flexibility index (Phi) is 4.54. The summed E-state index contributed by atoms with van der Waals surface area (Å²) in [5, 5.41) is 12.5. The van der Waals surface area contributed by atoms with Crippen LogP contribution in [0.15, 0.2) is 59.6 Å². The molecule has 1 aliphatic rings. The molecule has 0 spiro atoms. The molecule has 2 atom stereocenters. The third-order valence-electron chi connectivity index (χ3n) is 4.22. The molecule has 0 fully saturated rings. The fraction of sp³-hybridized carbons (Fsp3) is 0.316. The Hall–Kier alpha value is -2.13. The number of nitrogens with zero attached hydrogens (tertiary/aromatic N) is 1. The van der Waals surface area contributed by atoms with Gasteiger partial charge in [0, 0.05) is 12.8 Å². The first kappa shape index (κ1) is 14.8. The summed E-state index contributed by atoms with van der Waals surface area (Å²) in [4.78, 5) is 4.93. The zero-order valence-corrected chi connectivity index (χ0v) is 12.9. The highest BCUT2D eigenvalue weighted by atomic mass is 16.3. The fourth-order valence-corrected chi connectivity index (χ4v) is 3.13. The topological polar surface area (TPSA) is 49.2 Å². The van der Waals surface area contributed by atoms with Gasteiger partial charge in [-0.15, -0.1) is 0 Å². The van der Waals surface area contributed by atoms with Gasteiger partial charge in [-0.25, -0.2) is 4.99 Å².